The number of hydrogen-bond acceptors (Lipinski definition) is 4. The maximum Gasteiger partial charge on any atom is 0.240 e. The van der Waals surface area contributed by atoms with Gasteiger partial charge in [-0.3, -0.25) is 4.79 Å². The van der Waals surface area contributed by atoms with E-state index in [0.717, 1.165) is 18.4 Å². The number of rotatable bonds is 10. The van der Waals surface area contributed by atoms with Gasteiger partial charge in [0.2, 0.25) is 15.9 Å². The van der Waals surface area contributed by atoms with Gasteiger partial charge in [0, 0.05) is 11.7 Å². The van der Waals surface area contributed by atoms with Crippen molar-refractivity contribution in [1.29, 1.82) is 0 Å². The molecule has 6 nitrogen and oxygen atoms in total. The second-order valence-corrected chi connectivity index (χ2v) is 9.69. The average molecular weight is 432 g/mol. The third-order valence-electron chi connectivity index (χ3n) is 5.06. The summed E-state index contributed by atoms with van der Waals surface area (Å²) in [4.78, 5) is 12.6. The van der Waals surface area contributed by atoms with Crippen molar-refractivity contribution in [3.63, 3.8) is 0 Å². The normalized spacial score (nSPS) is 12.7. The lowest BCUT2D eigenvalue weighted by Crippen LogP contribution is -2.33. The average Bonchev–Trinajstić information content (AvgIpc) is 2.70. The second kappa shape index (κ2) is 10.7. The third-order valence-corrected chi connectivity index (χ3v) is 6.61. The summed E-state index contributed by atoms with van der Waals surface area (Å²) in [7, 11) is -2.22. The van der Waals surface area contributed by atoms with E-state index in [4.69, 9.17) is 0 Å². The summed E-state index contributed by atoms with van der Waals surface area (Å²) in [6, 6.07) is 13.4. The highest BCUT2D eigenvalue weighted by Gasteiger charge is 2.18. The minimum atomic E-state index is -3.58. The first-order valence-electron chi connectivity index (χ1n) is 10.3. The van der Waals surface area contributed by atoms with Crippen LogP contribution >= 0.6 is 0 Å². The number of nitrogens with one attached hydrogen (secondary N) is 3. The number of sulfonamides is 1. The van der Waals surface area contributed by atoms with Crippen molar-refractivity contribution in [2.75, 3.05) is 18.9 Å². The third kappa shape index (κ3) is 6.39. The molecule has 30 heavy (non-hydrogen) atoms. The van der Waals surface area contributed by atoms with Crippen LogP contribution in [0.4, 0.5) is 5.69 Å². The van der Waals surface area contributed by atoms with Gasteiger partial charge in [-0.15, -0.1) is 0 Å². The molecule has 0 heterocycles. The van der Waals surface area contributed by atoms with E-state index in [1.807, 2.05) is 0 Å². The minimum absolute atomic E-state index is 0.0460. The van der Waals surface area contributed by atoms with Crippen molar-refractivity contribution in [3.05, 3.63) is 59.2 Å². The molecule has 1 amide bonds. The maximum atomic E-state index is 12.5. The van der Waals surface area contributed by atoms with Gasteiger partial charge in [0.15, 0.2) is 0 Å². The Morgan fingerprint density at radius 3 is 2.30 bits per heavy atom. The summed E-state index contributed by atoms with van der Waals surface area (Å²) in [5.74, 6) is 0.0847. The van der Waals surface area contributed by atoms with Crippen LogP contribution in [0.25, 0.3) is 0 Å². The second-order valence-electron chi connectivity index (χ2n) is 7.83. The Labute approximate surface area is 180 Å². The summed E-state index contributed by atoms with van der Waals surface area (Å²) in [5.41, 5.74) is 3.53. The predicted molar refractivity (Wildman–Crippen MR) is 122 cm³/mol. The molecular weight excluding hydrogens is 398 g/mol. The molecule has 2 rings (SSSR count). The van der Waals surface area contributed by atoms with Crippen LogP contribution in [0.15, 0.2) is 47.4 Å². The molecule has 0 spiro atoms. The molecular formula is C23H33N3O3S. The Bertz CT molecular complexity index is 954. The van der Waals surface area contributed by atoms with Gasteiger partial charge in [0.1, 0.15) is 0 Å². The van der Waals surface area contributed by atoms with Crippen molar-refractivity contribution in [1.82, 2.24) is 10.0 Å². The first kappa shape index (κ1) is 24.1. The van der Waals surface area contributed by atoms with Gasteiger partial charge in [-0.25, -0.2) is 13.1 Å². The molecule has 0 bridgehead atoms. The molecule has 7 heteroatoms. The number of amides is 1. The van der Waals surface area contributed by atoms with Gasteiger partial charge in [0.05, 0.1) is 11.4 Å². The van der Waals surface area contributed by atoms with E-state index in [2.05, 4.69) is 60.4 Å². The quantitative estimate of drug-likeness (QED) is 0.534. The summed E-state index contributed by atoms with van der Waals surface area (Å²) < 4.78 is 26.6. The van der Waals surface area contributed by atoms with Gasteiger partial charge in [-0.1, -0.05) is 57.5 Å². The summed E-state index contributed by atoms with van der Waals surface area (Å²) in [5, 5.41) is 6.12. The van der Waals surface area contributed by atoms with E-state index in [1.54, 1.807) is 19.1 Å². The van der Waals surface area contributed by atoms with Gasteiger partial charge < -0.3 is 10.6 Å². The SMILES string of the molecule is CCCc1ccc([C@H](NCC(=O)Nc2ccc(C)c(S(=O)(=O)NC)c2)C(C)C)cc1. The lowest BCUT2D eigenvalue weighted by molar-refractivity contribution is -0.115. The molecule has 0 radical (unpaired) electrons. The van der Waals surface area contributed by atoms with Crippen molar-refractivity contribution in [3.8, 4) is 0 Å². The van der Waals surface area contributed by atoms with E-state index in [0.29, 0.717) is 17.2 Å². The molecule has 1 atom stereocenters. The summed E-state index contributed by atoms with van der Waals surface area (Å²) in [6.07, 6.45) is 2.17. The van der Waals surface area contributed by atoms with Crippen molar-refractivity contribution in [2.24, 2.45) is 5.92 Å². The first-order valence-corrected chi connectivity index (χ1v) is 11.8. The molecule has 0 aliphatic rings. The molecule has 0 aliphatic heterocycles. The fraction of sp³-hybridized carbons (Fsp3) is 0.435. The fourth-order valence-electron chi connectivity index (χ4n) is 3.40. The van der Waals surface area contributed by atoms with E-state index in [9.17, 15) is 13.2 Å². The van der Waals surface area contributed by atoms with E-state index in [1.165, 1.54) is 18.7 Å². The fourth-order valence-corrected chi connectivity index (χ4v) is 4.40. The molecule has 0 fully saturated rings. The Morgan fingerprint density at radius 2 is 1.73 bits per heavy atom. The van der Waals surface area contributed by atoms with Crippen LogP contribution in [0, 0.1) is 12.8 Å². The standard InChI is InChI=1S/C23H33N3O3S/c1-6-7-18-9-11-19(12-10-18)23(16(2)3)25-15-22(27)26-20-13-8-17(4)21(14-20)30(28,29)24-5/h8-14,16,23-25H,6-7,15H2,1-5H3,(H,26,27)/t23-/m1/s1. The highest BCUT2D eigenvalue weighted by molar-refractivity contribution is 7.89. The number of anilines is 1. The van der Waals surface area contributed by atoms with Crippen LogP contribution < -0.4 is 15.4 Å². The molecule has 3 N–H and O–H groups in total. The van der Waals surface area contributed by atoms with E-state index in [-0.39, 0.29) is 23.4 Å². The molecule has 0 unspecified atom stereocenters. The molecule has 2 aromatic rings. The van der Waals surface area contributed by atoms with Gasteiger partial charge in [-0.05, 0) is 55.1 Å². The minimum Gasteiger partial charge on any atom is -0.325 e. The molecule has 0 saturated heterocycles. The zero-order valence-electron chi connectivity index (χ0n) is 18.5. The topological polar surface area (TPSA) is 87.3 Å². The van der Waals surface area contributed by atoms with E-state index >= 15 is 0 Å². The number of hydrogen-bond donors (Lipinski definition) is 3. The smallest absolute Gasteiger partial charge is 0.240 e. The molecule has 164 valence electrons. The Morgan fingerprint density at radius 1 is 1.07 bits per heavy atom. The first-order chi connectivity index (χ1) is 14.2. The summed E-state index contributed by atoms with van der Waals surface area (Å²) in [6.45, 7) is 8.24. The zero-order valence-corrected chi connectivity index (χ0v) is 19.3. The van der Waals surface area contributed by atoms with Gasteiger partial charge in [0.25, 0.3) is 0 Å². The zero-order chi connectivity index (χ0) is 22.3. The van der Waals surface area contributed by atoms with Crippen LogP contribution in [0.3, 0.4) is 0 Å². The highest BCUT2D eigenvalue weighted by atomic mass is 32.2. The molecule has 2 aromatic carbocycles. The van der Waals surface area contributed by atoms with E-state index < -0.39 is 10.0 Å². The number of carbonyl (C=O) groups is 1. The van der Waals surface area contributed by atoms with Gasteiger partial charge in [-0.2, -0.15) is 0 Å². The number of carbonyl (C=O) groups excluding carboxylic acids is 1. The van der Waals surface area contributed by atoms with Gasteiger partial charge >= 0.3 is 0 Å². The molecule has 0 saturated carbocycles. The van der Waals surface area contributed by atoms with Crippen LogP contribution in [-0.4, -0.2) is 27.9 Å². The highest BCUT2D eigenvalue weighted by Crippen LogP contribution is 2.23. The Hall–Kier alpha value is -2.22. The number of benzene rings is 2. The Kier molecular flexibility index (Phi) is 8.58. The lowest BCUT2D eigenvalue weighted by atomic mass is 9.94. The van der Waals surface area contributed by atoms with Crippen LogP contribution in [0.1, 0.15) is 49.9 Å². The van der Waals surface area contributed by atoms with Crippen LogP contribution in [0.5, 0.6) is 0 Å². The van der Waals surface area contributed by atoms with Crippen molar-refractivity contribution < 1.29 is 13.2 Å². The molecule has 0 aromatic heterocycles. The predicted octanol–water partition coefficient (Wildman–Crippen LogP) is 3.78. The summed E-state index contributed by atoms with van der Waals surface area (Å²) >= 11 is 0. The van der Waals surface area contributed by atoms with Crippen molar-refractivity contribution >= 4 is 21.6 Å². The number of aryl methyl sites for hydroxylation is 2. The van der Waals surface area contributed by atoms with Crippen LogP contribution in [0.2, 0.25) is 0 Å². The maximum absolute atomic E-state index is 12.5. The molecule has 0 aliphatic carbocycles. The monoisotopic (exact) mass is 431 g/mol. The Balaban J connectivity index is 2.05. The van der Waals surface area contributed by atoms with Crippen LogP contribution in [-0.2, 0) is 21.2 Å². The largest absolute Gasteiger partial charge is 0.325 e. The van der Waals surface area contributed by atoms with Crippen molar-refractivity contribution in [2.45, 2.75) is 51.5 Å². The lowest BCUT2D eigenvalue weighted by Gasteiger charge is -2.23.